The number of benzene rings is 1. The summed E-state index contributed by atoms with van der Waals surface area (Å²) in [7, 11) is 3.80. The second kappa shape index (κ2) is 5.86. The fourth-order valence-corrected chi connectivity index (χ4v) is 2.93. The van der Waals surface area contributed by atoms with E-state index < -0.39 is 5.41 Å². The number of rotatable bonds is 2. The fourth-order valence-electron chi connectivity index (χ4n) is 2.93. The van der Waals surface area contributed by atoms with E-state index in [-0.39, 0.29) is 11.4 Å². The van der Waals surface area contributed by atoms with E-state index in [9.17, 15) is 4.79 Å². The molecule has 20 heavy (non-hydrogen) atoms. The van der Waals surface area contributed by atoms with Gasteiger partial charge in [-0.05, 0) is 44.9 Å². The van der Waals surface area contributed by atoms with Crippen LogP contribution < -0.4 is 5.32 Å². The molecule has 1 unspecified atom stereocenters. The minimum Gasteiger partial charge on any atom is -0.388 e. The van der Waals surface area contributed by atoms with Gasteiger partial charge in [0.25, 0.3) is 0 Å². The van der Waals surface area contributed by atoms with E-state index in [1.54, 1.807) is 0 Å². The lowest BCUT2D eigenvalue weighted by Crippen LogP contribution is -2.38. The second-order valence-corrected chi connectivity index (χ2v) is 6.01. The highest BCUT2D eigenvalue weighted by molar-refractivity contribution is 5.91. The van der Waals surface area contributed by atoms with Crippen molar-refractivity contribution in [2.24, 2.45) is 0 Å². The van der Waals surface area contributed by atoms with Gasteiger partial charge in [0.2, 0.25) is 5.91 Å². The van der Waals surface area contributed by atoms with Gasteiger partial charge in [-0.3, -0.25) is 4.79 Å². The maximum atomic E-state index is 12.5. The number of hydrogen-bond donors (Lipinski definition) is 1. The molecule has 1 amide bonds. The van der Waals surface area contributed by atoms with Crippen LogP contribution in [0.1, 0.15) is 46.6 Å². The molecule has 2 rings (SSSR count). The first kappa shape index (κ1) is 16.5. The minimum atomic E-state index is -0.398. The first-order valence-electron chi connectivity index (χ1n) is 7.38. The average molecular weight is 276 g/mol. The number of amides is 1. The molecule has 1 heterocycles. The number of nitrogens with one attached hydrogen (secondary N) is 1. The Kier molecular flexibility index (Phi) is 4.85. The van der Waals surface area contributed by atoms with E-state index in [0.717, 1.165) is 17.7 Å². The summed E-state index contributed by atoms with van der Waals surface area (Å²) in [6, 6.07) is 8.16. The molecule has 112 valence electrons. The predicted octanol–water partition coefficient (Wildman–Crippen LogP) is 3.65. The van der Waals surface area contributed by atoms with Crippen molar-refractivity contribution in [2.45, 2.75) is 52.0 Å². The summed E-state index contributed by atoms with van der Waals surface area (Å²) in [5.41, 5.74) is 1.70. The van der Waals surface area contributed by atoms with Crippen LogP contribution in [0.2, 0.25) is 0 Å². The van der Waals surface area contributed by atoms with Crippen LogP contribution in [-0.2, 0) is 10.2 Å². The van der Waals surface area contributed by atoms with E-state index in [1.807, 2.05) is 45.0 Å². The van der Waals surface area contributed by atoms with Crippen LogP contribution in [0.25, 0.3) is 0 Å². The lowest BCUT2D eigenvalue weighted by atomic mass is 9.77. The van der Waals surface area contributed by atoms with Gasteiger partial charge in [-0.2, -0.15) is 0 Å². The van der Waals surface area contributed by atoms with Gasteiger partial charge in [-0.1, -0.05) is 26.0 Å². The summed E-state index contributed by atoms with van der Waals surface area (Å²) in [5, 5.41) is 3.10. The zero-order valence-electron chi connectivity index (χ0n) is 13.9. The molecule has 1 aromatic rings. The molecule has 1 fully saturated rings. The highest BCUT2D eigenvalue weighted by atomic mass is 16.2. The summed E-state index contributed by atoms with van der Waals surface area (Å²) >= 11 is 0. The Hall–Kier alpha value is -1.51. The largest absolute Gasteiger partial charge is 0.388 e. The lowest BCUT2D eigenvalue weighted by molar-refractivity contribution is -0.132. The van der Waals surface area contributed by atoms with E-state index in [0.29, 0.717) is 0 Å². The van der Waals surface area contributed by atoms with E-state index in [2.05, 4.69) is 38.2 Å². The Labute approximate surface area is 123 Å². The molecule has 1 N–H and O–H groups in total. The zero-order valence-corrected chi connectivity index (χ0v) is 13.9. The van der Waals surface area contributed by atoms with E-state index >= 15 is 0 Å². The molecule has 1 saturated heterocycles. The number of carbonyl (C=O) groups excluding carboxylic acids is 1. The molecule has 0 aromatic heterocycles. The molecule has 1 atom stereocenters. The third-order valence-corrected chi connectivity index (χ3v) is 4.28. The molecule has 0 aliphatic carbocycles. The van der Waals surface area contributed by atoms with Crippen molar-refractivity contribution in [3.05, 3.63) is 29.8 Å². The maximum absolute atomic E-state index is 12.5. The number of carbonyl (C=O) groups is 1. The Balaban J connectivity index is 0.000000956. The topological polar surface area (TPSA) is 32.3 Å². The van der Waals surface area contributed by atoms with Gasteiger partial charge < -0.3 is 10.2 Å². The molecular formula is C17H28N2O. The Morgan fingerprint density at radius 1 is 1.10 bits per heavy atom. The molecule has 0 saturated carbocycles. The third-order valence-electron chi connectivity index (χ3n) is 4.28. The number of likely N-dealkylation sites (N-methyl/N-ethyl adjacent to an activating group) is 1. The van der Waals surface area contributed by atoms with Gasteiger partial charge >= 0.3 is 0 Å². The van der Waals surface area contributed by atoms with Crippen molar-refractivity contribution < 1.29 is 4.79 Å². The summed E-state index contributed by atoms with van der Waals surface area (Å²) in [4.78, 5) is 14.4. The number of nitrogens with zero attached hydrogens (tertiary/aromatic N) is 1. The molecule has 3 nitrogen and oxygen atoms in total. The number of likely N-dealkylation sites (tertiary alicyclic amines) is 1. The number of anilines is 1. The summed E-state index contributed by atoms with van der Waals surface area (Å²) < 4.78 is 0. The average Bonchev–Trinajstić information content (AvgIpc) is 2.62. The van der Waals surface area contributed by atoms with Gasteiger partial charge in [0, 0.05) is 25.3 Å². The van der Waals surface area contributed by atoms with Gasteiger partial charge in [0.15, 0.2) is 0 Å². The molecule has 1 aliphatic rings. The normalized spacial score (nSPS) is 24.1. The van der Waals surface area contributed by atoms with Gasteiger partial charge in [-0.25, -0.2) is 0 Å². The SMILES string of the molecule is CC.CNc1ccc(C2(C)CC(C)(C)N(C)C2=O)cc1. The molecular weight excluding hydrogens is 248 g/mol. The molecule has 0 spiro atoms. The third kappa shape index (κ3) is 2.67. The van der Waals surface area contributed by atoms with Gasteiger partial charge in [0.1, 0.15) is 0 Å². The van der Waals surface area contributed by atoms with Crippen LogP contribution in [0.4, 0.5) is 5.69 Å². The van der Waals surface area contributed by atoms with Crippen molar-refractivity contribution in [1.82, 2.24) is 4.90 Å². The molecule has 3 heteroatoms. The monoisotopic (exact) mass is 276 g/mol. The lowest BCUT2D eigenvalue weighted by Gasteiger charge is -2.26. The summed E-state index contributed by atoms with van der Waals surface area (Å²) in [6.45, 7) is 10.3. The van der Waals surface area contributed by atoms with Gasteiger partial charge in [-0.15, -0.1) is 0 Å². The summed E-state index contributed by atoms with van der Waals surface area (Å²) in [5.74, 6) is 0.213. The Bertz CT molecular complexity index is 464. The predicted molar refractivity (Wildman–Crippen MR) is 86.2 cm³/mol. The maximum Gasteiger partial charge on any atom is 0.233 e. The highest BCUT2D eigenvalue weighted by Crippen LogP contribution is 2.43. The van der Waals surface area contributed by atoms with E-state index in [4.69, 9.17) is 0 Å². The zero-order chi connectivity index (χ0) is 15.6. The van der Waals surface area contributed by atoms with Crippen molar-refractivity contribution in [3.63, 3.8) is 0 Å². The Morgan fingerprint density at radius 3 is 1.95 bits per heavy atom. The smallest absolute Gasteiger partial charge is 0.233 e. The van der Waals surface area contributed by atoms with Crippen molar-refractivity contribution in [1.29, 1.82) is 0 Å². The van der Waals surface area contributed by atoms with Crippen LogP contribution in [0.3, 0.4) is 0 Å². The molecule has 0 radical (unpaired) electrons. The van der Waals surface area contributed by atoms with Crippen LogP contribution in [0, 0.1) is 0 Å². The van der Waals surface area contributed by atoms with Crippen LogP contribution in [0.15, 0.2) is 24.3 Å². The molecule has 1 aliphatic heterocycles. The van der Waals surface area contributed by atoms with Crippen LogP contribution in [-0.4, -0.2) is 30.4 Å². The fraction of sp³-hybridized carbons (Fsp3) is 0.588. The van der Waals surface area contributed by atoms with Crippen molar-refractivity contribution in [2.75, 3.05) is 19.4 Å². The first-order chi connectivity index (χ1) is 9.31. The van der Waals surface area contributed by atoms with Crippen molar-refractivity contribution in [3.8, 4) is 0 Å². The highest BCUT2D eigenvalue weighted by Gasteiger charge is 2.51. The van der Waals surface area contributed by atoms with Crippen LogP contribution >= 0.6 is 0 Å². The first-order valence-corrected chi connectivity index (χ1v) is 7.38. The molecule has 0 bridgehead atoms. The minimum absolute atomic E-state index is 0.0759. The molecule has 1 aromatic carbocycles. The Morgan fingerprint density at radius 2 is 1.60 bits per heavy atom. The van der Waals surface area contributed by atoms with E-state index in [1.165, 1.54) is 0 Å². The van der Waals surface area contributed by atoms with Gasteiger partial charge in [0.05, 0.1) is 5.41 Å². The summed E-state index contributed by atoms with van der Waals surface area (Å²) in [6.07, 6.45) is 0.855. The quantitative estimate of drug-likeness (QED) is 0.894. The number of hydrogen-bond acceptors (Lipinski definition) is 2. The standard InChI is InChI=1S/C15H22N2O.C2H6/c1-14(2)10-15(3,13(18)17(14)5)11-6-8-12(16-4)9-7-11;1-2/h6-9,16H,10H2,1-5H3;1-2H3. The van der Waals surface area contributed by atoms with Crippen LogP contribution in [0.5, 0.6) is 0 Å². The second-order valence-electron chi connectivity index (χ2n) is 6.01. The van der Waals surface area contributed by atoms with Crippen molar-refractivity contribution >= 4 is 11.6 Å².